The van der Waals surface area contributed by atoms with E-state index in [1.807, 2.05) is 0 Å². The summed E-state index contributed by atoms with van der Waals surface area (Å²) in [5.74, 6) is -0.171. The van der Waals surface area contributed by atoms with Gasteiger partial charge in [-0.05, 0) is 6.92 Å². The Balaban J connectivity index is 3.83. The molecule has 0 aromatic carbocycles. The Labute approximate surface area is 59.5 Å². The lowest BCUT2D eigenvalue weighted by atomic mass is 10.2. The quantitative estimate of drug-likeness (QED) is 0.433. The van der Waals surface area contributed by atoms with Crippen molar-refractivity contribution < 1.29 is 14.6 Å². The molecule has 10 heavy (non-hydrogen) atoms. The van der Waals surface area contributed by atoms with Gasteiger partial charge < -0.3 is 9.84 Å². The molecule has 0 amide bonds. The summed E-state index contributed by atoms with van der Waals surface area (Å²) in [6.45, 7) is 1.10. The number of carbonyl (C=O) groups excluding carboxylic acids is 1. The molecule has 4 heteroatoms. The summed E-state index contributed by atoms with van der Waals surface area (Å²) in [6.07, 6.45) is 1.14. The van der Waals surface area contributed by atoms with E-state index in [0.717, 1.165) is 6.40 Å². The van der Waals surface area contributed by atoms with Crippen molar-refractivity contribution in [3.05, 3.63) is 0 Å². The predicted octanol–water partition coefficient (Wildman–Crippen LogP) is -0.389. The summed E-state index contributed by atoms with van der Waals surface area (Å²) >= 11 is 0. The van der Waals surface area contributed by atoms with Gasteiger partial charge in [-0.3, -0.25) is 4.79 Å². The third kappa shape index (κ3) is 3.19. The molecule has 0 aliphatic heterocycles. The average molecular weight is 145 g/mol. The highest BCUT2D eigenvalue weighted by atomic mass is 16.5. The van der Waals surface area contributed by atoms with Gasteiger partial charge in [-0.1, -0.05) is 0 Å². The van der Waals surface area contributed by atoms with Gasteiger partial charge in [0.15, 0.2) is 12.2 Å². The Morgan fingerprint density at radius 1 is 1.90 bits per heavy atom. The highest BCUT2D eigenvalue weighted by Gasteiger charge is 2.08. The van der Waals surface area contributed by atoms with Crippen molar-refractivity contribution in [1.29, 1.82) is 0 Å². The first kappa shape index (κ1) is 9.10. The first-order chi connectivity index (χ1) is 4.72. The topological polar surface area (TPSA) is 58.9 Å². The summed E-state index contributed by atoms with van der Waals surface area (Å²) in [7, 11) is 1.43. The van der Waals surface area contributed by atoms with E-state index in [1.54, 1.807) is 0 Å². The van der Waals surface area contributed by atoms with Gasteiger partial charge in [-0.25, -0.2) is 4.99 Å². The molecule has 4 nitrogen and oxygen atoms in total. The van der Waals surface area contributed by atoms with E-state index < -0.39 is 6.04 Å². The van der Waals surface area contributed by atoms with Gasteiger partial charge >= 0.3 is 0 Å². The molecule has 58 valence electrons. The zero-order chi connectivity index (χ0) is 7.98. The SMILES string of the molecule is COC=NC(CO)C(C)=O. The fourth-order valence-corrected chi connectivity index (χ4v) is 0.415. The molecule has 0 fully saturated rings. The van der Waals surface area contributed by atoms with Crippen LogP contribution in [0.3, 0.4) is 0 Å². The Hall–Kier alpha value is -0.900. The van der Waals surface area contributed by atoms with Crippen molar-refractivity contribution in [1.82, 2.24) is 0 Å². The molecular formula is C6H11NO3. The second-order valence-electron chi connectivity index (χ2n) is 1.80. The van der Waals surface area contributed by atoms with E-state index in [9.17, 15) is 4.79 Å². The number of aliphatic hydroxyl groups excluding tert-OH is 1. The maximum atomic E-state index is 10.6. The molecule has 1 N–H and O–H groups in total. The number of hydrogen-bond donors (Lipinski definition) is 1. The van der Waals surface area contributed by atoms with Crippen molar-refractivity contribution >= 4 is 12.2 Å². The molecule has 0 rings (SSSR count). The summed E-state index contributed by atoms with van der Waals surface area (Å²) < 4.78 is 4.47. The van der Waals surface area contributed by atoms with Crippen LogP contribution in [0.5, 0.6) is 0 Å². The van der Waals surface area contributed by atoms with Crippen LogP contribution in [0, 0.1) is 0 Å². The molecule has 1 unspecified atom stereocenters. The van der Waals surface area contributed by atoms with Gasteiger partial charge in [-0.15, -0.1) is 0 Å². The fourth-order valence-electron chi connectivity index (χ4n) is 0.415. The zero-order valence-electron chi connectivity index (χ0n) is 6.07. The van der Waals surface area contributed by atoms with Crippen LogP contribution in [0.4, 0.5) is 0 Å². The lowest BCUT2D eigenvalue weighted by Gasteiger charge is -2.01. The molecule has 0 saturated carbocycles. The monoisotopic (exact) mass is 145 g/mol. The third-order valence-corrected chi connectivity index (χ3v) is 0.988. The molecule has 0 aromatic heterocycles. The Morgan fingerprint density at radius 2 is 2.50 bits per heavy atom. The predicted molar refractivity (Wildman–Crippen MR) is 37.1 cm³/mol. The van der Waals surface area contributed by atoms with Gasteiger partial charge in [0.1, 0.15) is 6.04 Å². The smallest absolute Gasteiger partial charge is 0.169 e. The van der Waals surface area contributed by atoms with E-state index in [2.05, 4.69) is 9.73 Å². The van der Waals surface area contributed by atoms with Gasteiger partial charge in [0.25, 0.3) is 0 Å². The van der Waals surface area contributed by atoms with Crippen LogP contribution in [0.2, 0.25) is 0 Å². The highest BCUT2D eigenvalue weighted by molar-refractivity contribution is 5.82. The van der Waals surface area contributed by atoms with Crippen molar-refractivity contribution in [2.45, 2.75) is 13.0 Å². The summed E-state index contributed by atoms with van der Waals surface area (Å²) in [6, 6.07) is -0.667. The molecule has 0 saturated heterocycles. The second kappa shape index (κ2) is 4.93. The van der Waals surface area contributed by atoms with E-state index in [4.69, 9.17) is 5.11 Å². The number of nitrogens with zero attached hydrogens (tertiary/aromatic N) is 1. The minimum Gasteiger partial charge on any atom is -0.487 e. The lowest BCUT2D eigenvalue weighted by Crippen LogP contribution is -2.19. The van der Waals surface area contributed by atoms with Gasteiger partial charge in [0.2, 0.25) is 0 Å². The summed E-state index contributed by atoms with van der Waals surface area (Å²) in [5, 5.41) is 8.53. The minimum atomic E-state index is -0.667. The minimum absolute atomic E-state index is 0.171. The van der Waals surface area contributed by atoms with Gasteiger partial charge in [-0.2, -0.15) is 0 Å². The molecular weight excluding hydrogens is 134 g/mol. The number of methoxy groups -OCH3 is 1. The largest absolute Gasteiger partial charge is 0.487 e. The normalized spacial score (nSPS) is 13.5. The number of aliphatic imine (C=N–C) groups is 1. The Kier molecular flexibility index (Phi) is 4.49. The Morgan fingerprint density at radius 3 is 2.80 bits per heavy atom. The van der Waals surface area contributed by atoms with Crippen LogP contribution in [0.15, 0.2) is 4.99 Å². The zero-order valence-corrected chi connectivity index (χ0v) is 6.07. The number of Topliss-reactive ketones (excluding diaryl/α,β-unsaturated/α-hetero) is 1. The standard InChI is InChI=1S/C6H11NO3/c1-5(9)6(3-8)7-4-10-2/h4,6,8H,3H2,1-2H3. The fraction of sp³-hybridized carbons (Fsp3) is 0.667. The van der Waals surface area contributed by atoms with Gasteiger partial charge in [0.05, 0.1) is 13.7 Å². The third-order valence-electron chi connectivity index (χ3n) is 0.988. The number of ether oxygens (including phenoxy) is 1. The van der Waals surface area contributed by atoms with Crippen LogP contribution < -0.4 is 0 Å². The number of ketones is 1. The number of carbonyl (C=O) groups is 1. The summed E-state index contributed by atoms with van der Waals surface area (Å²) in [4.78, 5) is 14.2. The molecule has 0 heterocycles. The molecule has 0 aliphatic rings. The van der Waals surface area contributed by atoms with E-state index >= 15 is 0 Å². The number of hydrogen-bond acceptors (Lipinski definition) is 4. The number of aliphatic hydroxyl groups is 1. The molecule has 0 bridgehead atoms. The first-order valence-corrected chi connectivity index (χ1v) is 2.88. The van der Waals surface area contributed by atoms with Crippen LogP contribution in [-0.2, 0) is 9.53 Å². The van der Waals surface area contributed by atoms with E-state index in [0.29, 0.717) is 0 Å². The van der Waals surface area contributed by atoms with Crippen LogP contribution in [0.1, 0.15) is 6.92 Å². The molecule has 1 atom stereocenters. The highest BCUT2D eigenvalue weighted by Crippen LogP contribution is 1.89. The van der Waals surface area contributed by atoms with E-state index in [-0.39, 0.29) is 12.4 Å². The molecule has 0 aromatic rings. The van der Waals surface area contributed by atoms with E-state index in [1.165, 1.54) is 14.0 Å². The van der Waals surface area contributed by atoms with Crippen molar-refractivity contribution in [3.8, 4) is 0 Å². The van der Waals surface area contributed by atoms with Crippen LogP contribution in [0.25, 0.3) is 0 Å². The lowest BCUT2D eigenvalue weighted by molar-refractivity contribution is -0.118. The van der Waals surface area contributed by atoms with Gasteiger partial charge in [0, 0.05) is 0 Å². The molecule has 0 radical (unpaired) electrons. The maximum absolute atomic E-state index is 10.6. The van der Waals surface area contributed by atoms with Crippen LogP contribution >= 0.6 is 0 Å². The van der Waals surface area contributed by atoms with Crippen LogP contribution in [-0.4, -0.2) is 37.0 Å². The van der Waals surface area contributed by atoms with Crippen molar-refractivity contribution in [2.75, 3.05) is 13.7 Å². The molecule has 0 spiro atoms. The number of rotatable bonds is 4. The Bertz CT molecular complexity index is 133. The maximum Gasteiger partial charge on any atom is 0.169 e. The van der Waals surface area contributed by atoms with Crippen molar-refractivity contribution in [2.24, 2.45) is 4.99 Å². The second-order valence-corrected chi connectivity index (χ2v) is 1.80. The first-order valence-electron chi connectivity index (χ1n) is 2.88. The molecule has 0 aliphatic carbocycles. The van der Waals surface area contributed by atoms with Crippen molar-refractivity contribution in [3.63, 3.8) is 0 Å². The summed E-state index contributed by atoms with van der Waals surface area (Å²) in [5.41, 5.74) is 0. The average Bonchev–Trinajstić information content (AvgIpc) is 1.89.